The molecule has 1 N–H and O–H groups in total. The normalized spacial score (nSPS) is 11.7. The fraction of sp³-hybridized carbons (Fsp3) is 0.235. The summed E-state index contributed by atoms with van der Waals surface area (Å²) >= 11 is 0. The zero-order chi connectivity index (χ0) is 15.2. The van der Waals surface area contributed by atoms with Crippen LogP contribution in [0.5, 0.6) is 5.75 Å². The van der Waals surface area contributed by atoms with Gasteiger partial charge in [0.15, 0.2) is 0 Å². The Morgan fingerprint density at radius 1 is 1.29 bits per heavy atom. The first-order valence-corrected chi connectivity index (χ1v) is 6.73. The maximum Gasteiger partial charge on any atom is 0.124 e. The smallest absolute Gasteiger partial charge is 0.124 e. The van der Waals surface area contributed by atoms with Crippen LogP contribution in [0.2, 0.25) is 0 Å². The summed E-state index contributed by atoms with van der Waals surface area (Å²) in [7, 11) is 1.81. The molecular formula is C17H17FN2O. The van der Waals surface area contributed by atoms with Crippen LogP contribution in [-0.2, 0) is 6.61 Å². The monoisotopic (exact) mass is 284 g/mol. The third-order valence-electron chi connectivity index (χ3n) is 3.39. The van der Waals surface area contributed by atoms with Crippen LogP contribution >= 0.6 is 0 Å². The Kier molecular flexibility index (Phi) is 4.91. The van der Waals surface area contributed by atoms with Crippen molar-refractivity contribution >= 4 is 0 Å². The van der Waals surface area contributed by atoms with Crippen LogP contribution < -0.4 is 10.1 Å². The van der Waals surface area contributed by atoms with Gasteiger partial charge in [-0.1, -0.05) is 18.2 Å². The lowest BCUT2D eigenvalue weighted by Crippen LogP contribution is -2.14. The number of hydrogen-bond acceptors (Lipinski definition) is 3. The van der Waals surface area contributed by atoms with Gasteiger partial charge < -0.3 is 10.1 Å². The number of halogens is 1. The maximum absolute atomic E-state index is 13.4. The van der Waals surface area contributed by atoms with E-state index in [2.05, 4.69) is 11.4 Å². The molecule has 2 rings (SSSR count). The first-order chi connectivity index (χ1) is 10.2. The average Bonchev–Trinajstić information content (AvgIpc) is 2.53. The van der Waals surface area contributed by atoms with Crippen molar-refractivity contribution in [2.24, 2.45) is 0 Å². The van der Waals surface area contributed by atoms with Crippen LogP contribution in [-0.4, -0.2) is 7.05 Å². The molecule has 0 saturated carbocycles. The summed E-state index contributed by atoms with van der Waals surface area (Å²) in [5.74, 6) is 0.322. The lowest BCUT2D eigenvalue weighted by molar-refractivity contribution is 0.299. The number of ether oxygens (including phenoxy) is 1. The third-order valence-corrected chi connectivity index (χ3v) is 3.39. The van der Waals surface area contributed by atoms with Crippen molar-refractivity contribution in [3.63, 3.8) is 0 Å². The van der Waals surface area contributed by atoms with Gasteiger partial charge in [-0.25, -0.2) is 4.39 Å². The first kappa shape index (κ1) is 15.0. The first-order valence-electron chi connectivity index (χ1n) is 6.73. The SMILES string of the molecule is CNC(C)c1cc(F)ccc1OCc1ccccc1C#N. The van der Waals surface area contributed by atoms with E-state index in [1.165, 1.54) is 12.1 Å². The minimum Gasteiger partial charge on any atom is -0.489 e. The van der Waals surface area contributed by atoms with Crippen molar-refractivity contribution in [1.82, 2.24) is 5.32 Å². The van der Waals surface area contributed by atoms with Gasteiger partial charge >= 0.3 is 0 Å². The molecule has 1 atom stereocenters. The minimum absolute atomic E-state index is 0.0260. The van der Waals surface area contributed by atoms with Crippen LogP contribution in [0.15, 0.2) is 42.5 Å². The molecule has 2 aromatic rings. The van der Waals surface area contributed by atoms with E-state index in [0.717, 1.165) is 11.1 Å². The Bertz CT molecular complexity index is 664. The summed E-state index contributed by atoms with van der Waals surface area (Å²) in [6.07, 6.45) is 0. The fourth-order valence-corrected chi connectivity index (χ4v) is 2.06. The molecule has 0 aliphatic heterocycles. The van der Waals surface area contributed by atoms with Crippen molar-refractivity contribution in [3.05, 3.63) is 65.0 Å². The van der Waals surface area contributed by atoms with E-state index in [1.807, 2.05) is 32.2 Å². The molecule has 0 heterocycles. The van der Waals surface area contributed by atoms with Crippen LogP contribution in [0, 0.1) is 17.1 Å². The number of benzene rings is 2. The summed E-state index contributed by atoms with van der Waals surface area (Å²) in [6.45, 7) is 2.21. The summed E-state index contributed by atoms with van der Waals surface area (Å²) in [5, 5.41) is 12.1. The van der Waals surface area contributed by atoms with Gasteiger partial charge in [-0.15, -0.1) is 0 Å². The number of rotatable bonds is 5. The predicted molar refractivity (Wildman–Crippen MR) is 79.4 cm³/mol. The topological polar surface area (TPSA) is 45.0 Å². The molecule has 0 bridgehead atoms. The molecule has 0 spiro atoms. The van der Waals surface area contributed by atoms with E-state index in [0.29, 0.717) is 11.3 Å². The Morgan fingerprint density at radius 3 is 2.76 bits per heavy atom. The largest absolute Gasteiger partial charge is 0.489 e. The molecule has 1 unspecified atom stereocenters. The Labute approximate surface area is 124 Å². The zero-order valence-electron chi connectivity index (χ0n) is 12.1. The van der Waals surface area contributed by atoms with E-state index in [9.17, 15) is 4.39 Å². The van der Waals surface area contributed by atoms with Crippen LogP contribution in [0.3, 0.4) is 0 Å². The van der Waals surface area contributed by atoms with Gasteiger partial charge in [0.2, 0.25) is 0 Å². The van der Waals surface area contributed by atoms with Crippen molar-refractivity contribution in [1.29, 1.82) is 5.26 Å². The second-order valence-corrected chi connectivity index (χ2v) is 4.75. The molecule has 0 radical (unpaired) electrons. The number of nitrogens with zero attached hydrogens (tertiary/aromatic N) is 1. The molecule has 0 fully saturated rings. The van der Waals surface area contributed by atoms with Crippen LogP contribution in [0.1, 0.15) is 29.7 Å². The fourth-order valence-electron chi connectivity index (χ4n) is 2.06. The molecule has 0 aliphatic carbocycles. The third kappa shape index (κ3) is 3.59. The van der Waals surface area contributed by atoms with Crippen molar-refractivity contribution in [2.45, 2.75) is 19.6 Å². The van der Waals surface area contributed by atoms with E-state index in [1.54, 1.807) is 12.1 Å². The summed E-state index contributed by atoms with van der Waals surface area (Å²) in [5.41, 5.74) is 2.15. The summed E-state index contributed by atoms with van der Waals surface area (Å²) in [6, 6.07) is 13.8. The second-order valence-electron chi connectivity index (χ2n) is 4.75. The van der Waals surface area contributed by atoms with Gasteiger partial charge in [0.25, 0.3) is 0 Å². The van der Waals surface area contributed by atoms with Gasteiger partial charge in [0, 0.05) is 17.2 Å². The van der Waals surface area contributed by atoms with Gasteiger partial charge in [-0.2, -0.15) is 5.26 Å². The molecule has 0 amide bonds. The Hall–Kier alpha value is -2.38. The van der Waals surface area contributed by atoms with Crippen molar-refractivity contribution in [2.75, 3.05) is 7.05 Å². The molecule has 108 valence electrons. The second kappa shape index (κ2) is 6.87. The molecule has 0 saturated heterocycles. The predicted octanol–water partition coefficient (Wildman–Crippen LogP) is 3.56. The van der Waals surface area contributed by atoms with Gasteiger partial charge in [0.05, 0.1) is 11.6 Å². The van der Waals surface area contributed by atoms with E-state index >= 15 is 0 Å². The lowest BCUT2D eigenvalue weighted by atomic mass is 10.1. The quantitative estimate of drug-likeness (QED) is 0.913. The highest BCUT2D eigenvalue weighted by Gasteiger charge is 2.12. The molecule has 21 heavy (non-hydrogen) atoms. The lowest BCUT2D eigenvalue weighted by Gasteiger charge is -2.17. The van der Waals surface area contributed by atoms with Crippen molar-refractivity contribution < 1.29 is 9.13 Å². The van der Waals surface area contributed by atoms with E-state index in [-0.39, 0.29) is 18.5 Å². The van der Waals surface area contributed by atoms with E-state index < -0.39 is 0 Å². The van der Waals surface area contributed by atoms with Gasteiger partial charge in [0.1, 0.15) is 18.2 Å². The molecule has 3 nitrogen and oxygen atoms in total. The maximum atomic E-state index is 13.4. The highest BCUT2D eigenvalue weighted by Crippen LogP contribution is 2.27. The number of nitrogens with one attached hydrogen (secondary N) is 1. The van der Waals surface area contributed by atoms with E-state index in [4.69, 9.17) is 10.00 Å². The number of hydrogen-bond donors (Lipinski definition) is 1. The van der Waals surface area contributed by atoms with Crippen LogP contribution in [0.25, 0.3) is 0 Å². The standard InChI is InChI=1S/C17H17FN2O/c1-12(20-2)16-9-15(18)7-8-17(16)21-11-14-6-4-3-5-13(14)10-19/h3-9,12,20H,11H2,1-2H3. The minimum atomic E-state index is -0.295. The average molecular weight is 284 g/mol. The van der Waals surface area contributed by atoms with Crippen LogP contribution in [0.4, 0.5) is 4.39 Å². The Balaban J connectivity index is 2.22. The molecule has 4 heteroatoms. The number of nitriles is 1. The summed E-state index contributed by atoms with van der Waals surface area (Å²) in [4.78, 5) is 0. The highest BCUT2D eigenvalue weighted by molar-refractivity contribution is 5.39. The summed E-state index contributed by atoms with van der Waals surface area (Å²) < 4.78 is 19.2. The molecule has 2 aromatic carbocycles. The zero-order valence-corrected chi connectivity index (χ0v) is 12.1. The van der Waals surface area contributed by atoms with Gasteiger partial charge in [-0.05, 0) is 38.2 Å². The Morgan fingerprint density at radius 2 is 2.05 bits per heavy atom. The molecule has 0 aliphatic rings. The molecular weight excluding hydrogens is 267 g/mol. The molecule has 0 aromatic heterocycles. The van der Waals surface area contributed by atoms with Crippen molar-refractivity contribution in [3.8, 4) is 11.8 Å². The highest BCUT2D eigenvalue weighted by atomic mass is 19.1. The van der Waals surface area contributed by atoms with Gasteiger partial charge in [-0.3, -0.25) is 0 Å².